The van der Waals surface area contributed by atoms with Gasteiger partial charge in [-0.15, -0.1) is 0 Å². The number of benzene rings is 1. The summed E-state index contributed by atoms with van der Waals surface area (Å²) >= 11 is 0. The van der Waals surface area contributed by atoms with Gasteiger partial charge in [-0.05, 0) is 25.3 Å². The molecular formula is C15H18N2O. The van der Waals surface area contributed by atoms with Crippen molar-refractivity contribution in [3.63, 3.8) is 0 Å². The van der Waals surface area contributed by atoms with Crippen LogP contribution in [-0.2, 0) is 11.2 Å². The number of nitrogens with zero attached hydrogens (tertiary/aromatic N) is 2. The Kier molecular flexibility index (Phi) is 3.99. The van der Waals surface area contributed by atoms with Gasteiger partial charge in [0.1, 0.15) is 0 Å². The van der Waals surface area contributed by atoms with Gasteiger partial charge in [-0.3, -0.25) is 4.79 Å². The van der Waals surface area contributed by atoms with Crippen LogP contribution in [0, 0.1) is 18.3 Å². The van der Waals surface area contributed by atoms with Gasteiger partial charge in [-0.2, -0.15) is 5.26 Å². The van der Waals surface area contributed by atoms with Crippen molar-refractivity contribution < 1.29 is 4.79 Å². The van der Waals surface area contributed by atoms with E-state index >= 15 is 0 Å². The summed E-state index contributed by atoms with van der Waals surface area (Å²) in [6.07, 6.45) is 3.05. The third-order valence-corrected chi connectivity index (χ3v) is 3.21. The van der Waals surface area contributed by atoms with Gasteiger partial charge >= 0.3 is 0 Å². The summed E-state index contributed by atoms with van der Waals surface area (Å²) in [7, 11) is 0. The van der Waals surface area contributed by atoms with E-state index < -0.39 is 0 Å². The maximum atomic E-state index is 12.2. The zero-order valence-corrected chi connectivity index (χ0v) is 10.7. The fraction of sp³-hybridized carbons (Fsp3) is 0.467. The smallest absolute Gasteiger partial charge is 0.227 e. The molecule has 1 aliphatic rings. The lowest BCUT2D eigenvalue weighted by Crippen LogP contribution is -2.35. The van der Waals surface area contributed by atoms with Crippen molar-refractivity contribution in [3.05, 3.63) is 35.4 Å². The van der Waals surface area contributed by atoms with Crippen molar-refractivity contribution in [2.45, 2.75) is 38.6 Å². The van der Waals surface area contributed by atoms with Crippen molar-refractivity contribution >= 4 is 5.91 Å². The Morgan fingerprint density at radius 1 is 1.50 bits per heavy atom. The molecule has 1 aliphatic carbocycles. The summed E-state index contributed by atoms with van der Waals surface area (Å²) in [6, 6.07) is 10.5. The van der Waals surface area contributed by atoms with Crippen molar-refractivity contribution in [2.75, 3.05) is 6.54 Å². The number of hydrogen-bond acceptors (Lipinski definition) is 2. The Balaban J connectivity index is 1.98. The largest absolute Gasteiger partial charge is 0.338 e. The zero-order valence-electron chi connectivity index (χ0n) is 10.7. The summed E-state index contributed by atoms with van der Waals surface area (Å²) in [4.78, 5) is 14.1. The normalized spacial score (nSPS) is 14.0. The average Bonchev–Trinajstić information content (AvgIpc) is 3.14. The number of aryl methyl sites for hydroxylation is 1. The predicted molar refractivity (Wildman–Crippen MR) is 69.8 cm³/mol. The molecule has 3 nitrogen and oxygen atoms in total. The molecule has 0 saturated heterocycles. The highest BCUT2D eigenvalue weighted by molar-refractivity contribution is 5.79. The van der Waals surface area contributed by atoms with Crippen LogP contribution in [0.3, 0.4) is 0 Å². The molecular weight excluding hydrogens is 224 g/mol. The Bertz CT molecular complexity index is 472. The minimum absolute atomic E-state index is 0.151. The standard InChI is InChI=1S/C15H18N2O/c1-12-4-2-5-13(10-12)11-15(18)17(9-3-8-16)14-6-7-14/h2,4-5,10,14H,3,6-7,9,11H2,1H3. The number of hydrogen-bond donors (Lipinski definition) is 0. The molecule has 1 amide bonds. The van der Waals surface area contributed by atoms with Gasteiger partial charge in [0.15, 0.2) is 0 Å². The lowest BCUT2D eigenvalue weighted by Gasteiger charge is -2.21. The van der Waals surface area contributed by atoms with E-state index in [2.05, 4.69) is 6.07 Å². The first-order valence-electron chi connectivity index (χ1n) is 6.42. The van der Waals surface area contributed by atoms with E-state index in [4.69, 9.17) is 5.26 Å². The minimum Gasteiger partial charge on any atom is -0.338 e. The highest BCUT2D eigenvalue weighted by Crippen LogP contribution is 2.27. The van der Waals surface area contributed by atoms with Gasteiger partial charge in [-0.25, -0.2) is 0 Å². The van der Waals surface area contributed by atoms with E-state index in [0.29, 0.717) is 25.4 Å². The van der Waals surface area contributed by atoms with Gasteiger partial charge in [-0.1, -0.05) is 29.8 Å². The molecule has 0 bridgehead atoms. The first kappa shape index (κ1) is 12.6. The van der Waals surface area contributed by atoms with Gasteiger partial charge in [0.05, 0.1) is 18.9 Å². The van der Waals surface area contributed by atoms with E-state index in [9.17, 15) is 4.79 Å². The first-order valence-corrected chi connectivity index (χ1v) is 6.42. The molecule has 2 rings (SSSR count). The van der Waals surface area contributed by atoms with E-state index in [1.807, 2.05) is 36.1 Å². The van der Waals surface area contributed by atoms with Crippen LogP contribution in [0.4, 0.5) is 0 Å². The highest BCUT2D eigenvalue weighted by atomic mass is 16.2. The van der Waals surface area contributed by atoms with Gasteiger partial charge in [0, 0.05) is 12.6 Å². The fourth-order valence-corrected chi connectivity index (χ4v) is 2.17. The third kappa shape index (κ3) is 3.33. The average molecular weight is 242 g/mol. The van der Waals surface area contributed by atoms with Crippen LogP contribution in [-0.4, -0.2) is 23.4 Å². The van der Waals surface area contributed by atoms with Crippen LogP contribution in [0.1, 0.15) is 30.4 Å². The Labute approximate surface area is 108 Å². The molecule has 1 aromatic rings. The molecule has 0 unspecified atom stereocenters. The van der Waals surface area contributed by atoms with Crippen molar-refractivity contribution in [3.8, 4) is 6.07 Å². The fourth-order valence-electron chi connectivity index (χ4n) is 2.17. The van der Waals surface area contributed by atoms with Gasteiger partial charge in [0.25, 0.3) is 0 Å². The Morgan fingerprint density at radius 3 is 2.89 bits per heavy atom. The van der Waals surface area contributed by atoms with Crippen molar-refractivity contribution in [2.24, 2.45) is 0 Å². The second-order valence-corrected chi connectivity index (χ2v) is 4.89. The summed E-state index contributed by atoms with van der Waals surface area (Å²) in [5.41, 5.74) is 2.23. The monoisotopic (exact) mass is 242 g/mol. The SMILES string of the molecule is Cc1cccc(CC(=O)N(CCC#N)C2CC2)c1. The highest BCUT2D eigenvalue weighted by Gasteiger charge is 2.31. The molecule has 1 saturated carbocycles. The molecule has 0 aliphatic heterocycles. The number of nitriles is 1. The number of carbonyl (C=O) groups excluding carboxylic acids is 1. The molecule has 0 spiro atoms. The van der Waals surface area contributed by atoms with Crippen molar-refractivity contribution in [1.82, 2.24) is 4.90 Å². The maximum Gasteiger partial charge on any atom is 0.227 e. The summed E-state index contributed by atoms with van der Waals surface area (Å²) in [5, 5.41) is 8.64. The molecule has 94 valence electrons. The molecule has 0 radical (unpaired) electrons. The van der Waals surface area contributed by atoms with Crippen LogP contribution in [0.15, 0.2) is 24.3 Å². The summed E-state index contributed by atoms with van der Waals surface area (Å²) in [6.45, 7) is 2.61. The van der Waals surface area contributed by atoms with E-state index in [0.717, 1.165) is 18.4 Å². The minimum atomic E-state index is 0.151. The molecule has 3 heteroatoms. The summed E-state index contributed by atoms with van der Waals surface area (Å²) < 4.78 is 0. The molecule has 0 atom stereocenters. The first-order chi connectivity index (χ1) is 8.70. The van der Waals surface area contributed by atoms with Gasteiger partial charge in [0.2, 0.25) is 5.91 Å². The van der Waals surface area contributed by atoms with Gasteiger partial charge < -0.3 is 4.90 Å². The Hall–Kier alpha value is -1.82. The quantitative estimate of drug-likeness (QED) is 0.796. The van der Waals surface area contributed by atoms with E-state index in [1.54, 1.807) is 0 Å². The summed E-state index contributed by atoms with van der Waals surface area (Å²) in [5.74, 6) is 0.151. The predicted octanol–water partition coefficient (Wildman–Crippen LogP) is 2.44. The molecule has 1 aromatic carbocycles. The second-order valence-electron chi connectivity index (χ2n) is 4.89. The number of rotatable bonds is 5. The van der Waals surface area contributed by atoms with Crippen LogP contribution in [0.2, 0.25) is 0 Å². The van der Waals surface area contributed by atoms with E-state index in [-0.39, 0.29) is 5.91 Å². The Morgan fingerprint density at radius 2 is 2.28 bits per heavy atom. The molecule has 0 N–H and O–H groups in total. The van der Waals surface area contributed by atoms with Crippen LogP contribution in [0.25, 0.3) is 0 Å². The van der Waals surface area contributed by atoms with E-state index in [1.165, 1.54) is 5.56 Å². The lowest BCUT2D eigenvalue weighted by atomic mass is 10.1. The molecule has 1 fully saturated rings. The van der Waals surface area contributed by atoms with Crippen LogP contribution in [0.5, 0.6) is 0 Å². The second kappa shape index (κ2) is 5.68. The van der Waals surface area contributed by atoms with Crippen LogP contribution < -0.4 is 0 Å². The molecule has 0 aromatic heterocycles. The third-order valence-electron chi connectivity index (χ3n) is 3.21. The van der Waals surface area contributed by atoms with Crippen LogP contribution >= 0.6 is 0 Å². The number of carbonyl (C=O) groups is 1. The maximum absolute atomic E-state index is 12.2. The topological polar surface area (TPSA) is 44.1 Å². The molecule has 18 heavy (non-hydrogen) atoms. The number of amides is 1. The zero-order chi connectivity index (χ0) is 13.0. The van der Waals surface area contributed by atoms with Crippen molar-refractivity contribution in [1.29, 1.82) is 5.26 Å². The molecule has 0 heterocycles. The lowest BCUT2D eigenvalue weighted by molar-refractivity contribution is -0.131.